The third-order valence-corrected chi connectivity index (χ3v) is 3.42. The Morgan fingerprint density at radius 1 is 1.28 bits per heavy atom. The van der Waals surface area contributed by atoms with E-state index in [0.29, 0.717) is 12.2 Å². The number of carboxylic acid groups (broad SMARTS) is 1. The molecule has 0 unspecified atom stereocenters. The van der Waals surface area contributed by atoms with Crippen LogP contribution in [0.1, 0.15) is 9.75 Å². The number of benzene rings is 1. The highest BCUT2D eigenvalue weighted by Gasteiger charge is 2.04. The SMILES string of the molecule is O=C(O)Cc1ccc(CNc2cccc(F)c2)s1. The molecule has 2 N–H and O–H groups in total. The molecule has 0 spiro atoms. The van der Waals surface area contributed by atoms with E-state index in [2.05, 4.69) is 5.32 Å². The van der Waals surface area contributed by atoms with E-state index in [1.165, 1.54) is 23.5 Å². The molecule has 0 aliphatic carbocycles. The van der Waals surface area contributed by atoms with Crippen molar-refractivity contribution in [2.45, 2.75) is 13.0 Å². The molecule has 2 aromatic rings. The van der Waals surface area contributed by atoms with Crippen LogP contribution in [0, 0.1) is 5.82 Å². The van der Waals surface area contributed by atoms with Crippen LogP contribution >= 0.6 is 11.3 Å². The zero-order chi connectivity index (χ0) is 13.0. The second kappa shape index (κ2) is 5.64. The van der Waals surface area contributed by atoms with Crippen LogP contribution in [0.3, 0.4) is 0 Å². The number of hydrogen-bond acceptors (Lipinski definition) is 3. The van der Waals surface area contributed by atoms with E-state index < -0.39 is 5.97 Å². The standard InChI is InChI=1S/C13H12FNO2S/c14-9-2-1-3-10(6-9)15-8-12-5-4-11(18-12)7-13(16)17/h1-6,15H,7-8H2,(H,16,17). The number of thiophene rings is 1. The second-order valence-electron chi connectivity index (χ2n) is 3.80. The molecule has 1 aromatic heterocycles. The summed E-state index contributed by atoms with van der Waals surface area (Å²) in [6.07, 6.45) is 0.0463. The molecule has 0 fully saturated rings. The first-order chi connectivity index (χ1) is 8.63. The fourth-order valence-corrected chi connectivity index (χ4v) is 2.50. The van der Waals surface area contributed by atoms with Gasteiger partial charge >= 0.3 is 5.97 Å². The smallest absolute Gasteiger partial charge is 0.308 e. The van der Waals surface area contributed by atoms with Crippen molar-refractivity contribution in [1.29, 1.82) is 0 Å². The maximum atomic E-state index is 12.9. The molecule has 18 heavy (non-hydrogen) atoms. The number of carboxylic acids is 1. The van der Waals surface area contributed by atoms with Gasteiger partial charge in [0.25, 0.3) is 0 Å². The van der Waals surface area contributed by atoms with Gasteiger partial charge in [0.15, 0.2) is 0 Å². The number of rotatable bonds is 5. The predicted molar refractivity (Wildman–Crippen MR) is 69.4 cm³/mol. The van der Waals surface area contributed by atoms with Crippen LogP contribution in [0.15, 0.2) is 36.4 Å². The number of carbonyl (C=O) groups is 1. The zero-order valence-electron chi connectivity index (χ0n) is 9.52. The Hall–Kier alpha value is -1.88. The maximum absolute atomic E-state index is 12.9. The summed E-state index contributed by atoms with van der Waals surface area (Å²) < 4.78 is 12.9. The molecular weight excluding hydrogens is 253 g/mol. The molecule has 0 amide bonds. The van der Waals surface area contributed by atoms with E-state index in [0.717, 1.165) is 9.75 Å². The van der Waals surface area contributed by atoms with Gasteiger partial charge in [-0.1, -0.05) is 6.07 Å². The average Bonchev–Trinajstić information content (AvgIpc) is 2.73. The van der Waals surface area contributed by atoms with Gasteiger partial charge < -0.3 is 10.4 Å². The molecule has 0 aliphatic heterocycles. The molecule has 2 rings (SSSR count). The predicted octanol–water partition coefficient (Wildman–Crippen LogP) is 3.13. The van der Waals surface area contributed by atoms with E-state index in [4.69, 9.17) is 5.11 Å². The monoisotopic (exact) mass is 265 g/mol. The molecular formula is C13H12FNO2S. The molecule has 0 atom stereocenters. The summed E-state index contributed by atoms with van der Waals surface area (Å²) in [4.78, 5) is 12.4. The van der Waals surface area contributed by atoms with Gasteiger partial charge in [-0.2, -0.15) is 0 Å². The minimum atomic E-state index is -0.832. The second-order valence-corrected chi connectivity index (χ2v) is 5.06. The highest BCUT2D eigenvalue weighted by molar-refractivity contribution is 7.12. The van der Waals surface area contributed by atoms with Crippen LogP contribution in [0.4, 0.5) is 10.1 Å². The normalized spacial score (nSPS) is 10.3. The van der Waals surface area contributed by atoms with Gasteiger partial charge in [0.2, 0.25) is 0 Å². The topological polar surface area (TPSA) is 49.3 Å². The van der Waals surface area contributed by atoms with Crippen LogP contribution in [-0.2, 0) is 17.8 Å². The van der Waals surface area contributed by atoms with Crippen LogP contribution in [0.2, 0.25) is 0 Å². The number of hydrogen-bond donors (Lipinski definition) is 2. The van der Waals surface area contributed by atoms with Gasteiger partial charge in [0.05, 0.1) is 6.42 Å². The number of halogens is 1. The first-order valence-corrected chi connectivity index (χ1v) is 6.24. The van der Waals surface area contributed by atoms with Crippen LogP contribution in [-0.4, -0.2) is 11.1 Å². The Bertz CT molecular complexity index is 553. The maximum Gasteiger partial charge on any atom is 0.308 e. The van der Waals surface area contributed by atoms with E-state index in [9.17, 15) is 9.18 Å². The fraction of sp³-hybridized carbons (Fsp3) is 0.154. The highest BCUT2D eigenvalue weighted by Crippen LogP contribution is 2.19. The van der Waals surface area contributed by atoms with Crippen molar-refractivity contribution in [1.82, 2.24) is 0 Å². The number of anilines is 1. The van der Waals surface area contributed by atoms with Crippen molar-refractivity contribution >= 4 is 23.0 Å². The molecule has 0 bridgehead atoms. The Morgan fingerprint density at radius 2 is 2.06 bits per heavy atom. The van der Waals surface area contributed by atoms with Crippen LogP contribution < -0.4 is 5.32 Å². The molecule has 0 radical (unpaired) electrons. The Morgan fingerprint density at radius 3 is 2.78 bits per heavy atom. The van der Waals surface area contributed by atoms with Gasteiger partial charge in [-0.25, -0.2) is 4.39 Å². The van der Waals surface area contributed by atoms with Crippen LogP contribution in [0.5, 0.6) is 0 Å². The highest BCUT2D eigenvalue weighted by atomic mass is 32.1. The first-order valence-electron chi connectivity index (χ1n) is 5.42. The third kappa shape index (κ3) is 3.56. The van der Waals surface area contributed by atoms with Crippen molar-refractivity contribution in [3.8, 4) is 0 Å². The van der Waals surface area contributed by atoms with Gasteiger partial charge in [-0.15, -0.1) is 11.3 Å². The molecule has 3 nitrogen and oxygen atoms in total. The quantitative estimate of drug-likeness (QED) is 0.873. The Labute approximate surface area is 108 Å². The van der Waals surface area contributed by atoms with Gasteiger partial charge in [-0.3, -0.25) is 4.79 Å². The Balaban J connectivity index is 1.94. The summed E-state index contributed by atoms with van der Waals surface area (Å²) in [6, 6.07) is 9.93. The summed E-state index contributed by atoms with van der Waals surface area (Å²) in [7, 11) is 0. The third-order valence-electron chi connectivity index (χ3n) is 2.33. The van der Waals surface area contributed by atoms with Crippen molar-refractivity contribution < 1.29 is 14.3 Å². The first kappa shape index (κ1) is 12.6. The van der Waals surface area contributed by atoms with Crippen molar-refractivity contribution in [2.24, 2.45) is 0 Å². The summed E-state index contributed by atoms with van der Waals surface area (Å²) in [5.41, 5.74) is 0.711. The summed E-state index contributed by atoms with van der Waals surface area (Å²) in [5.74, 6) is -1.11. The van der Waals surface area contributed by atoms with E-state index in [1.807, 2.05) is 6.07 Å². The lowest BCUT2D eigenvalue weighted by molar-refractivity contribution is -0.136. The van der Waals surface area contributed by atoms with Gasteiger partial charge in [0.1, 0.15) is 5.82 Å². The average molecular weight is 265 g/mol. The minimum Gasteiger partial charge on any atom is -0.481 e. The van der Waals surface area contributed by atoms with Crippen molar-refractivity contribution in [3.05, 3.63) is 52.0 Å². The lowest BCUT2D eigenvalue weighted by atomic mass is 10.3. The lowest BCUT2D eigenvalue weighted by Crippen LogP contribution is -1.98. The molecule has 0 aliphatic rings. The summed E-state index contributed by atoms with van der Waals surface area (Å²) in [6.45, 7) is 0.563. The largest absolute Gasteiger partial charge is 0.481 e. The fourth-order valence-electron chi connectivity index (χ4n) is 1.55. The molecule has 1 heterocycles. The zero-order valence-corrected chi connectivity index (χ0v) is 10.3. The van der Waals surface area contributed by atoms with E-state index >= 15 is 0 Å². The van der Waals surface area contributed by atoms with Gasteiger partial charge in [0, 0.05) is 22.0 Å². The van der Waals surface area contributed by atoms with Crippen molar-refractivity contribution in [2.75, 3.05) is 5.32 Å². The molecule has 1 aromatic carbocycles. The summed E-state index contributed by atoms with van der Waals surface area (Å²) in [5, 5.41) is 11.8. The summed E-state index contributed by atoms with van der Waals surface area (Å²) >= 11 is 1.45. The van der Waals surface area contributed by atoms with Crippen molar-refractivity contribution in [3.63, 3.8) is 0 Å². The molecule has 94 valence electrons. The molecule has 0 saturated carbocycles. The van der Waals surface area contributed by atoms with Crippen LogP contribution in [0.25, 0.3) is 0 Å². The van der Waals surface area contributed by atoms with Gasteiger partial charge in [-0.05, 0) is 30.3 Å². The minimum absolute atomic E-state index is 0.0463. The number of aliphatic carboxylic acids is 1. The number of nitrogens with one attached hydrogen (secondary N) is 1. The molecule has 5 heteroatoms. The lowest BCUT2D eigenvalue weighted by Gasteiger charge is -2.04. The molecule has 0 saturated heterocycles. The Kier molecular flexibility index (Phi) is 3.94. The van der Waals surface area contributed by atoms with E-state index in [-0.39, 0.29) is 12.2 Å². The van der Waals surface area contributed by atoms with E-state index in [1.54, 1.807) is 18.2 Å².